The first-order valence-electron chi connectivity index (χ1n) is 6.37. The van der Waals surface area contributed by atoms with Crippen LogP contribution in [-0.2, 0) is 9.47 Å². The van der Waals surface area contributed by atoms with E-state index in [1.165, 1.54) is 10.8 Å². The van der Waals surface area contributed by atoms with Crippen molar-refractivity contribution in [1.29, 1.82) is 0 Å². The van der Waals surface area contributed by atoms with Crippen molar-refractivity contribution in [2.24, 2.45) is 0 Å². The lowest BCUT2D eigenvalue weighted by Gasteiger charge is -2.52. The molecule has 0 saturated carbocycles. The number of aromatic amines is 1. The van der Waals surface area contributed by atoms with Gasteiger partial charge < -0.3 is 19.7 Å². The van der Waals surface area contributed by atoms with E-state index in [1.807, 2.05) is 0 Å². The Morgan fingerprint density at radius 1 is 1.55 bits per heavy atom. The summed E-state index contributed by atoms with van der Waals surface area (Å²) in [6.45, 7) is 1.24. The van der Waals surface area contributed by atoms with Crippen LogP contribution >= 0.6 is 0 Å². The van der Waals surface area contributed by atoms with Gasteiger partial charge in [-0.25, -0.2) is 4.79 Å². The van der Waals surface area contributed by atoms with Gasteiger partial charge in [0.05, 0.1) is 19.3 Å². The lowest BCUT2D eigenvalue weighted by molar-refractivity contribution is -0.336. The zero-order valence-electron chi connectivity index (χ0n) is 10.9. The number of aromatic nitrogens is 2. The van der Waals surface area contributed by atoms with Gasteiger partial charge in [0.25, 0.3) is 5.56 Å². The summed E-state index contributed by atoms with van der Waals surface area (Å²) < 4.78 is 12.5. The number of H-pyrrole nitrogens is 1. The number of aliphatic hydroxyl groups is 2. The first kappa shape index (κ1) is 13.5. The van der Waals surface area contributed by atoms with Gasteiger partial charge in [-0.05, 0) is 6.92 Å². The summed E-state index contributed by atoms with van der Waals surface area (Å²) in [5.41, 5.74) is -1.91. The minimum atomic E-state index is -1.22. The SMILES string of the molecule is Cc1cn([C@H]2O[C@@]3(CO)CO[C@@H]2C[C@@H]3O)c(=O)[nH]c1=O. The second-order valence-electron chi connectivity index (χ2n) is 5.31. The predicted molar refractivity (Wildman–Crippen MR) is 66.4 cm³/mol. The molecule has 0 amide bonds. The van der Waals surface area contributed by atoms with Gasteiger partial charge in [-0.15, -0.1) is 0 Å². The molecule has 3 N–H and O–H groups in total. The number of hydrogen-bond donors (Lipinski definition) is 3. The standard InChI is InChI=1S/C12H16N2O6/c1-6-3-14(11(18)13-9(6)17)10-7-2-8(16)12(4-15,20-10)5-19-7/h3,7-8,10,15-16H,2,4-5H2,1H3,(H,13,17,18)/t7-,8+,10+,12+/m1/s1. The van der Waals surface area contributed by atoms with Crippen molar-refractivity contribution in [3.8, 4) is 0 Å². The summed E-state index contributed by atoms with van der Waals surface area (Å²) in [4.78, 5) is 25.5. The third kappa shape index (κ3) is 1.84. The van der Waals surface area contributed by atoms with Crippen LogP contribution in [0.25, 0.3) is 0 Å². The number of rotatable bonds is 2. The van der Waals surface area contributed by atoms with E-state index >= 15 is 0 Å². The smallest absolute Gasteiger partial charge is 0.330 e. The van der Waals surface area contributed by atoms with Crippen LogP contribution in [0.5, 0.6) is 0 Å². The maximum atomic E-state index is 11.9. The Balaban J connectivity index is 2.02. The maximum absolute atomic E-state index is 11.9. The molecule has 3 aliphatic rings. The molecule has 1 aromatic heterocycles. The third-order valence-electron chi connectivity index (χ3n) is 3.97. The fourth-order valence-electron chi connectivity index (χ4n) is 2.67. The summed E-state index contributed by atoms with van der Waals surface area (Å²) >= 11 is 0. The monoisotopic (exact) mass is 284 g/mol. The number of ether oxygens (including phenoxy) is 2. The van der Waals surface area contributed by atoms with Crippen LogP contribution in [0.3, 0.4) is 0 Å². The lowest BCUT2D eigenvalue weighted by Crippen LogP contribution is -2.65. The Morgan fingerprint density at radius 2 is 2.30 bits per heavy atom. The van der Waals surface area contributed by atoms with Crippen LogP contribution in [0.15, 0.2) is 15.8 Å². The van der Waals surface area contributed by atoms with Crippen molar-refractivity contribution in [1.82, 2.24) is 9.55 Å². The molecule has 0 spiro atoms. The maximum Gasteiger partial charge on any atom is 0.330 e. The first-order chi connectivity index (χ1) is 9.47. The Kier molecular flexibility index (Phi) is 3.05. The molecule has 20 heavy (non-hydrogen) atoms. The molecule has 3 saturated heterocycles. The topological polar surface area (TPSA) is 114 Å². The molecule has 3 aliphatic heterocycles. The summed E-state index contributed by atoms with van der Waals surface area (Å²) in [5.74, 6) is 0. The first-order valence-corrected chi connectivity index (χ1v) is 6.37. The van der Waals surface area contributed by atoms with Gasteiger partial charge in [0.2, 0.25) is 0 Å². The van der Waals surface area contributed by atoms with Crippen LogP contribution in [-0.4, -0.2) is 50.8 Å². The van der Waals surface area contributed by atoms with Crippen molar-refractivity contribution >= 4 is 0 Å². The molecule has 2 bridgehead atoms. The second kappa shape index (κ2) is 4.52. The largest absolute Gasteiger partial charge is 0.393 e. The van der Waals surface area contributed by atoms with Gasteiger partial charge >= 0.3 is 5.69 Å². The Bertz CT molecular complexity index is 638. The van der Waals surface area contributed by atoms with Gasteiger partial charge in [0.15, 0.2) is 6.23 Å². The number of nitrogens with zero attached hydrogens (tertiary/aromatic N) is 1. The van der Waals surface area contributed by atoms with E-state index < -0.39 is 41.9 Å². The molecule has 0 aromatic carbocycles. The highest BCUT2D eigenvalue weighted by atomic mass is 16.6. The fraction of sp³-hybridized carbons (Fsp3) is 0.667. The summed E-state index contributed by atoms with van der Waals surface area (Å²) in [5, 5.41) is 19.4. The zero-order chi connectivity index (χ0) is 14.5. The second-order valence-corrected chi connectivity index (χ2v) is 5.31. The van der Waals surface area contributed by atoms with Crippen molar-refractivity contribution in [3.63, 3.8) is 0 Å². The summed E-state index contributed by atoms with van der Waals surface area (Å²) in [6.07, 6.45) is -0.464. The van der Waals surface area contributed by atoms with Crippen LogP contribution < -0.4 is 11.2 Å². The molecular weight excluding hydrogens is 268 g/mol. The molecule has 4 rings (SSSR count). The van der Waals surface area contributed by atoms with Crippen molar-refractivity contribution in [2.45, 2.75) is 37.4 Å². The highest BCUT2D eigenvalue weighted by molar-refractivity contribution is 5.05. The van der Waals surface area contributed by atoms with Crippen molar-refractivity contribution < 1.29 is 19.7 Å². The average molecular weight is 284 g/mol. The van der Waals surface area contributed by atoms with E-state index in [4.69, 9.17) is 9.47 Å². The summed E-state index contributed by atoms with van der Waals surface area (Å²) in [7, 11) is 0. The lowest BCUT2D eigenvalue weighted by atomic mass is 9.86. The van der Waals surface area contributed by atoms with Crippen molar-refractivity contribution in [2.75, 3.05) is 13.2 Å². The van der Waals surface area contributed by atoms with E-state index in [9.17, 15) is 19.8 Å². The molecular formula is C12H16N2O6. The predicted octanol–water partition coefficient (Wildman–Crippen LogP) is -1.75. The van der Waals surface area contributed by atoms with E-state index in [1.54, 1.807) is 6.92 Å². The molecule has 0 unspecified atom stereocenters. The molecule has 4 atom stereocenters. The molecule has 0 aliphatic carbocycles. The van der Waals surface area contributed by atoms with Crippen LogP contribution in [0.2, 0.25) is 0 Å². The van der Waals surface area contributed by atoms with Crippen LogP contribution in [0.1, 0.15) is 18.2 Å². The van der Waals surface area contributed by atoms with Crippen molar-refractivity contribution in [3.05, 3.63) is 32.6 Å². The average Bonchev–Trinajstić information content (AvgIpc) is 2.44. The minimum absolute atomic E-state index is 0.0723. The number of hydrogen-bond acceptors (Lipinski definition) is 6. The van der Waals surface area contributed by atoms with E-state index in [2.05, 4.69) is 4.98 Å². The van der Waals surface area contributed by atoms with Crippen LogP contribution in [0.4, 0.5) is 0 Å². The number of fused-ring (bicyclic) bond motifs is 3. The Hall–Kier alpha value is -1.48. The van der Waals surface area contributed by atoms with Gasteiger partial charge in [0, 0.05) is 18.2 Å². The van der Waals surface area contributed by atoms with E-state index in [0.717, 1.165) is 0 Å². The molecule has 1 aromatic rings. The highest BCUT2D eigenvalue weighted by Gasteiger charge is 2.54. The normalized spacial score (nSPS) is 36.2. The molecule has 3 fully saturated rings. The van der Waals surface area contributed by atoms with Crippen LogP contribution in [0, 0.1) is 6.92 Å². The number of aryl methyl sites for hydroxylation is 1. The summed E-state index contributed by atoms with van der Waals surface area (Å²) in [6, 6.07) is 0. The number of nitrogens with one attached hydrogen (secondary N) is 1. The Morgan fingerprint density at radius 3 is 2.95 bits per heavy atom. The Labute approximate surface area is 113 Å². The van der Waals surface area contributed by atoms with E-state index in [0.29, 0.717) is 5.56 Å². The van der Waals surface area contributed by atoms with Gasteiger partial charge in [-0.2, -0.15) is 0 Å². The zero-order valence-corrected chi connectivity index (χ0v) is 10.9. The van der Waals surface area contributed by atoms with Gasteiger partial charge in [-0.1, -0.05) is 0 Å². The molecule has 4 heterocycles. The molecule has 8 heteroatoms. The molecule has 8 nitrogen and oxygen atoms in total. The quantitative estimate of drug-likeness (QED) is 0.594. The number of aliphatic hydroxyl groups excluding tert-OH is 2. The molecule has 110 valence electrons. The fourth-order valence-corrected chi connectivity index (χ4v) is 2.67. The minimum Gasteiger partial charge on any atom is -0.393 e. The molecule has 0 radical (unpaired) electrons. The van der Waals surface area contributed by atoms with E-state index in [-0.39, 0.29) is 13.0 Å². The highest BCUT2D eigenvalue weighted by Crippen LogP contribution is 2.41. The third-order valence-corrected chi connectivity index (χ3v) is 3.97. The van der Waals surface area contributed by atoms with Gasteiger partial charge in [0.1, 0.15) is 11.7 Å². The van der Waals surface area contributed by atoms with Gasteiger partial charge in [-0.3, -0.25) is 14.3 Å².